The number of hydrogen-bond donors (Lipinski definition) is 1. The highest BCUT2D eigenvalue weighted by molar-refractivity contribution is 6.05. The van der Waals surface area contributed by atoms with E-state index in [-0.39, 0.29) is 22.4 Å². The number of hydrogen-bond acceptors (Lipinski definition) is 4. The van der Waals surface area contributed by atoms with Crippen LogP contribution in [0.4, 0.5) is 8.78 Å². The van der Waals surface area contributed by atoms with E-state index in [1.165, 1.54) is 30.3 Å². The molecular weight excluding hydrogens is 314 g/mol. The highest BCUT2D eigenvalue weighted by atomic mass is 19.1. The Morgan fingerprint density at radius 1 is 1.21 bits per heavy atom. The van der Waals surface area contributed by atoms with Gasteiger partial charge in [0.25, 0.3) is 0 Å². The molecule has 6 heteroatoms. The third kappa shape index (κ3) is 1.91. The second-order valence-corrected chi connectivity index (χ2v) is 5.31. The molecule has 2 N–H and O–H groups in total. The van der Waals surface area contributed by atoms with E-state index in [1.807, 2.05) is 0 Å². The van der Waals surface area contributed by atoms with E-state index in [4.69, 9.17) is 10.5 Å². The Balaban J connectivity index is 2.43. The lowest BCUT2D eigenvalue weighted by molar-refractivity contribution is -0.136. The number of halogens is 2. The first-order valence-corrected chi connectivity index (χ1v) is 7.02. The van der Waals surface area contributed by atoms with E-state index in [0.29, 0.717) is 5.56 Å². The van der Waals surface area contributed by atoms with Gasteiger partial charge < -0.3 is 10.5 Å². The number of nitrogens with zero attached hydrogens (tertiary/aromatic N) is 1. The quantitative estimate of drug-likeness (QED) is 0.861. The van der Waals surface area contributed by atoms with Crippen molar-refractivity contribution in [2.75, 3.05) is 7.11 Å². The number of nitrogens with two attached hydrogens (primary N) is 1. The van der Waals surface area contributed by atoms with E-state index in [2.05, 4.69) is 6.07 Å². The molecule has 1 aliphatic rings. The zero-order chi connectivity index (χ0) is 17.5. The van der Waals surface area contributed by atoms with Gasteiger partial charge in [0.2, 0.25) is 0 Å². The van der Waals surface area contributed by atoms with Crippen molar-refractivity contribution in [1.82, 2.24) is 0 Å². The molecular formula is C18H12F2N2O2. The highest BCUT2D eigenvalue weighted by Gasteiger charge is 2.51. The molecule has 0 bridgehead atoms. The maximum absolute atomic E-state index is 14.3. The van der Waals surface area contributed by atoms with Crippen LogP contribution in [0.1, 0.15) is 16.7 Å². The van der Waals surface area contributed by atoms with E-state index in [9.17, 15) is 18.8 Å². The molecule has 4 nitrogen and oxygen atoms in total. The summed E-state index contributed by atoms with van der Waals surface area (Å²) in [4.78, 5) is 12.3. The molecule has 0 spiro atoms. The van der Waals surface area contributed by atoms with Crippen molar-refractivity contribution in [3.8, 4) is 6.07 Å². The molecule has 0 radical (unpaired) electrons. The molecule has 2 aromatic carbocycles. The Labute approximate surface area is 136 Å². The van der Waals surface area contributed by atoms with Crippen LogP contribution < -0.4 is 5.73 Å². The summed E-state index contributed by atoms with van der Waals surface area (Å²) in [6.07, 6.45) is 0. The summed E-state index contributed by atoms with van der Waals surface area (Å²) in [6.45, 7) is 0. The standard InChI is InChI=1S/C18H12F2N2O2/c1-24-17(23)15-16(22)14-12(3-2-4-13(14)20)18(15,9-21)10-5-7-11(19)8-6-10/h2-8H,22H2,1H3/t18-/m1/s1. The Morgan fingerprint density at radius 2 is 1.88 bits per heavy atom. The van der Waals surface area contributed by atoms with Crippen LogP contribution >= 0.6 is 0 Å². The van der Waals surface area contributed by atoms with Crippen LogP contribution in [0.3, 0.4) is 0 Å². The minimum absolute atomic E-state index is 0.0104. The predicted molar refractivity (Wildman–Crippen MR) is 82.3 cm³/mol. The molecule has 120 valence electrons. The van der Waals surface area contributed by atoms with Crippen LogP contribution in [0, 0.1) is 23.0 Å². The van der Waals surface area contributed by atoms with Gasteiger partial charge in [0.05, 0.1) is 24.4 Å². The van der Waals surface area contributed by atoms with Gasteiger partial charge in [-0.2, -0.15) is 5.26 Å². The summed E-state index contributed by atoms with van der Waals surface area (Å²) < 4.78 is 32.3. The van der Waals surface area contributed by atoms with Gasteiger partial charge in [0, 0.05) is 5.56 Å². The number of rotatable bonds is 2. The van der Waals surface area contributed by atoms with Gasteiger partial charge in [-0.25, -0.2) is 13.6 Å². The van der Waals surface area contributed by atoms with Crippen molar-refractivity contribution in [3.63, 3.8) is 0 Å². The molecule has 2 aromatic rings. The van der Waals surface area contributed by atoms with Crippen molar-refractivity contribution in [2.45, 2.75) is 5.41 Å². The fourth-order valence-corrected chi connectivity index (χ4v) is 3.12. The lowest BCUT2D eigenvalue weighted by Crippen LogP contribution is -2.31. The second-order valence-electron chi connectivity index (χ2n) is 5.31. The van der Waals surface area contributed by atoms with Gasteiger partial charge in [0.1, 0.15) is 17.0 Å². The highest BCUT2D eigenvalue weighted by Crippen LogP contribution is 2.49. The summed E-state index contributed by atoms with van der Waals surface area (Å²) in [5.74, 6) is -1.99. The number of ether oxygens (including phenoxy) is 1. The van der Waals surface area contributed by atoms with Crippen molar-refractivity contribution < 1.29 is 18.3 Å². The van der Waals surface area contributed by atoms with Gasteiger partial charge in [-0.1, -0.05) is 24.3 Å². The number of nitriles is 1. The molecule has 0 amide bonds. The first-order chi connectivity index (χ1) is 11.5. The number of carbonyl (C=O) groups excluding carboxylic acids is 1. The maximum Gasteiger partial charge on any atom is 0.338 e. The van der Waals surface area contributed by atoms with Crippen LogP contribution in [-0.2, 0) is 14.9 Å². The van der Waals surface area contributed by atoms with Crippen molar-refractivity contribution in [2.24, 2.45) is 5.73 Å². The van der Waals surface area contributed by atoms with Gasteiger partial charge in [-0.3, -0.25) is 0 Å². The summed E-state index contributed by atoms with van der Waals surface area (Å²) in [5, 5.41) is 9.95. The van der Waals surface area contributed by atoms with E-state index in [0.717, 1.165) is 19.2 Å². The largest absolute Gasteiger partial charge is 0.466 e. The van der Waals surface area contributed by atoms with Gasteiger partial charge in [-0.05, 0) is 29.3 Å². The molecule has 24 heavy (non-hydrogen) atoms. The molecule has 0 unspecified atom stereocenters. The van der Waals surface area contributed by atoms with Crippen LogP contribution in [0.2, 0.25) is 0 Å². The van der Waals surface area contributed by atoms with E-state index in [1.54, 1.807) is 0 Å². The smallest absolute Gasteiger partial charge is 0.338 e. The third-order valence-electron chi connectivity index (χ3n) is 4.17. The summed E-state index contributed by atoms with van der Waals surface area (Å²) in [5.41, 5.74) is 4.54. The second kappa shape index (κ2) is 5.46. The molecule has 1 atom stereocenters. The van der Waals surface area contributed by atoms with Crippen molar-refractivity contribution >= 4 is 11.7 Å². The first kappa shape index (κ1) is 15.7. The Bertz CT molecular complexity index is 914. The Morgan fingerprint density at radius 3 is 2.46 bits per heavy atom. The molecule has 0 aliphatic heterocycles. The average molecular weight is 326 g/mol. The minimum Gasteiger partial charge on any atom is -0.466 e. The zero-order valence-corrected chi connectivity index (χ0v) is 12.6. The minimum atomic E-state index is -1.66. The van der Waals surface area contributed by atoms with E-state index >= 15 is 0 Å². The maximum atomic E-state index is 14.3. The normalized spacial score (nSPS) is 18.9. The molecule has 1 aliphatic carbocycles. The molecule has 0 saturated heterocycles. The monoisotopic (exact) mass is 326 g/mol. The fourth-order valence-electron chi connectivity index (χ4n) is 3.12. The lowest BCUT2D eigenvalue weighted by atomic mass is 9.73. The molecule has 0 heterocycles. The molecule has 0 saturated carbocycles. The van der Waals surface area contributed by atoms with Crippen LogP contribution in [0.25, 0.3) is 5.70 Å². The van der Waals surface area contributed by atoms with Gasteiger partial charge >= 0.3 is 5.97 Å². The summed E-state index contributed by atoms with van der Waals surface area (Å²) in [7, 11) is 1.15. The lowest BCUT2D eigenvalue weighted by Gasteiger charge is -2.25. The number of methoxy groups -OCH3 is 1. The van der Waals surface area contributed by atoms with Crippen molar-refractivity contribution in [1.29, 1.82) is 5.26 Å². The van der Waals surface area contributed by atoms with Crippen LogP contribution in [0.5, 0.6) is 0 Å². The average Bonchev–Trinajstić information content (AvgIpc) is 2.85. The fraction of sp³-hybridized carbons (Fsp3) is 0.111. The van der Waals surface area contributed by atoms with Crippen LogP contribution in [0.15, 0.2) is 48.0 Å². The summed E-state index contributed by atoms with van der Waals surface area (Å²) in [6, 6.07) is 11.3. The Hall–Kier alpha value is -3.20. The summed E-state index contributed by atoms with van der Waals surface area (Å²) >= 11 is 0. The number of benzene rings is 2. The molecule has 3 rings (SSSR count). The van der Waals surface area contributed by atoms with Crippen LogP contribution in [-0.4, -0.2) is 13.1 Å². The number of carbonyl (C=O) groups is 1. The number of fused-ring (bicyclic) bond motifs is 1. The number of esters is 1. The molecule has 0 fully saturated rings. The van der Waals surface area contributed by atoms with Gasteiger partial charge in [0.15, 0.2) is 0 Å². The SMILES string of the molecule is COC(=O)C1=C(N)c2c(F)cccc2[C@@]1(C#N)c1ccc(F)cc1. The first-order valence-electron chi connectivity index (χ1n) is 7.02. The Kier molecular flexibility index (Phi) is 3.57. The van der Waals surface area contributed by atoms with E-state index < -0.39 is 23.0 Å². The van der Waals surface area contributed by atoms with Gasteiger partial charge in [-0.15, -0.1) is 0 Å². The van der Waals surface area contributed by atoms with Crippen molar-refractivity contribution in [3.05, 3.63) is 76.4 Å². The third-order valence-corrected chi connectivity index (χ3v) is 4.17. The predicted octanol–water partition coefficient (Wildman–Crippen LogP) is 2.63. The topological polar surface area (TPSA) is 76.1 Å². The molecule has 0 aromatic heterocycles. The zero-order valence-electron chi connectivity index (χ0n) is 12.6.